The van der Waals surface area contributed by atoms with Crippen LogP contribution in [0.15, 0.2) is 23.0 Å². The molecule has 0 unspecified atom stereocenters. The van der Waals surface area contributed by atoms with E-state index in [0.29, 0.717) is 5.39 Å². The maximum absolute atomic E-state index is 11.7. The molecule has 2 rings (SSSR count). The van der Waals surface area contributed by atoms with Crippen LogP contribution in [0.4, 0.5) is 0 Å². The second-order valence-electron chi connectivity index (χ2n) is 5.41. The summed E-state index contributed by atoms with van der Waals surface area (Å²) in [5, 5.41) is 18.1. The van der Waals surface area contributed by atoms with Crippen molar-refractivity contribution in [1.82, 2.24) is 10.2 Å². The summed E-state index contributed by atoms with van der Waals surface area (Å²) in [7, 11) is 0. The fraction of sp³-hybridized carbons (Fsp3) is 0.429. The van der Waals surface area contributed by atoms with Crippen LogP contribution in [-0.2, 0) is 5.60 Å². The molecule has 1 aromatic carbocycles. The van der Waals surface area contributed by atoms with Crippen LogP contribution in [0.2, 0.25) is 0 Å². The smallest absolute Gasteiger partial charge is 0.272 e. The zero-order valence-corrected chi connectivity index (χ0v) is 11.1. The number of aromatic nitrogens is 2. The molecule has 0 aliphatic carbocycles. The minimum absolute atomic E-state index is 0.198. The number of H-pyrrole nitrogens is 1. The second-order valence-corrected chi connectivity index (χ2v) is 5.41. The monoisotopic (exact) mass is 246 g/mol. The molecule has 0 aliphatic rings. The lowest BCUT2D eigenvalue weighted by Gasteiger charge is -2.19. The molecule has 0 saturated heterocycles. The molecule has 18 heavy (non-hydrogen) atoms. The van der Waals surface area contributed by atoms with Crippen LogP contribution in [0.3, 0.4) is 0 Å². The van der Waals surface area contributed by atoms with Gasteiger partial charge in [-0.3, -0.25) is 4.79 Å². The summed E-state index contributed by atoms with van der Waals surface area (Å²) in [5.41, 5.74) is 0.502. The van der Waals surface area contributed by atoms with Crippen LogP contribution in [0.5, 0.6) is 0 Å². The molecule has 1 heterocycles. The van der Waals surface area contributed by atoms with Crippen LogP contribution in [0, 0.1) is 0 Å². The molecule has 0 spiro atoms. The summed E-state index contributed by atoms with van der Waals surface area (Å²) in [6, 6.07) is 5.38. The number of nitrogens with one attached hydrogen (secondary N) is 1. The largest absolute Gasteiger partial charge is 0.386 e. The molecule has 1 aromatic heterocycles. The quantitative estimate of drug-likeness (QED) is 0.854. The highest BCUT2D eigenvalue weighted by atomic mass is 16.3. The summed E-state index contributed by atoms with van der Waals surface area (Å²) in [6.45, 7) is 7.50. The van der Waals surface area contributed by atoms with Gasteiger partial charge in [-0.15, -0.1) is 0 Å². The first-order valence-corrected chi connectivity index (χ1v) is 6.06. The Labute approximate surface area is 106 Å². The highest BCUT2D eigenvalue weighted by molar-refractivity contribution is 5.84. The van der Waals surface area contributed by atoms with E-state index < -0.39 is 5.60 Å². The summed E-state index contributed by atoms with van der Waals surface area (Å²) < 4.78 is 0. The zero-order valence-electron chi connectivity index (χ0n) is 11.1. The standard InChI is InChI=1S/C14H18N2O2/c1-8(2)12-11-7-9(14(3,4)18)5-6-10(11)13(17)16-15-12/h5-8,18H,1-4H3,(H,16,17). The van der Waals surface area contributed by atoms with Gasteiger partial charge in [-0.25, -0.2) is 5.10 Å². The van der Waals surface area contributed by atoms with E-state index in [2.05, 4.69) is 10.2 Å². The third-order valence-electron chi connectivity index (χ3n) is 3.07. The number of benzene rings is 1. The highest BCUT2D eigenvalue weighted by Crippen LogP contribution is 2.26. The summed E-state index contributed by atoms with van der Waals surface area (Å²) >= 11 is 0. The van der Waals surface area contributed by atoms with Crippen LogP contribution in [-0.4, -0.2) is 15.3 Å². The first-order chi connectivity index (χ1) is 8.30. The molecular weight excluding hydrogens is 228 g/mol. The molecule has 0 radical (unpaired) electrons. The average Bonchev–Trinajstić information content (AvgIpc) is 2.27. The predicted octanol–water partition coefficient (Wildman–Crippen LogP) is 2.27. The van der Waals surface area contributed by atoms with E-state index >= 15 is 0 Å². The van der Waals surface area contributed by atoms with Crippen molar-refractivity contribution >= 4 is 10.8 Å². The molecule has 0 atom stereocenters. The molecule has 0 amide bonds. The summed E-state index contributed by atoms with van der Waals surface area (Å²) in [4.78, 5) is 11.7. The van der Waals surface area contributed by atoms with Gasteiger partial charge in [0.1, 0.15) is 0 Å². The van der Waals surface area contributed by atoms with Gasteiger partial charge in [0.2, 0.25) is 0 Å². The van der Waals surface area contributed by atoms with Gasteiger partial charge in [0.05, 0.1) is 16.7 Å². The molecule has 0 saturated carbocycles. The minimum atomic E-state index is -0.926. The fourth-order valence-corrected chi connectivity index (χ4v) is 2.01. The van der Waals surface area contributed by atoms with E-state index in [1.54, 1.807) is 26.0 Å². The van der Waals surface area contributed by atoms with Gasteiger partial charge in [0, 0.05) is 5.39 Å². The Bertz CT molecular complexity index is 636. The predicted molar refractivity (Wildman–Crippen MR) is 71.7 cm³/mol. The number of hydrogen-bond donors (Lipinski definition) is 2. The van der Waals surface area contributed by atoms with E-state index in [9.17, 15) is 9.90 Å². The Balaban J connectivity index is 2.82. The molecular formula is C14H18N2O2. The number of hydrogen-bond acceptors (Lipinski definition) is 3. The Morgan fingerprint density at radius 1 is 1.28 bits per heavy atom. The number of aliphatic hydroxyl groups is 1. The van der Waals surface area contributed by atoms with E-state index in [1.807, 2.05) is 19.9 Å². The van der Waals surface area contributed by atoms with E-state index in [4.69, 9.17) is 0 Å². The lowest BCUT2D eigenvalue weighted by Crippen LogP contribution is -2.17. The van der Waals surface area contributed by atoms with Gasteiger partial charge < -0.3 is 5.11 Å². The highest BCUT2D eigenvalue weighted by Gasteiger charge is 2.18. The van der Waals surface area contributed by atoms with Crippen LogP contribution >= 0.6 is 0 Å². The molecule has 0 bridgehead atoms. The Hall–Kier alpha value is -1.68. The molecule has 2 N–H and O–H groups in total. The van der Waals surface area contributed by atoms with Crippen molar-refractivity contribution < 1.29 is 5.11 Å². The Morgan fingerprint density at radius 3 is 2.50 bits per heavy atom. The van der Waals surface area contributed by atoms with Gasteiger partial charge in [0.25, 0.3) is 5.56 Å². The first-order valence-electron chi connectivity index (χ1n) is 6.06. The van der Waals surface area contributed by atoms with Crippen molar-refractivity contribution in [2.75, 3.05) is 0 Å². The van der Waals surface area contributed by atoms with Gasteiger partial charge in [-0.1, -0.05) is 19.9 Å². The molecule has 4 nitrogen and oxygen atoms in total. The van der Waals surface area contributed by atoms with Crippen molar-refractivity contribution in [3.05, 3.63) is 39.8 Å². The number of nitrogens with zero attached hydrogens (tertiary/aromatic N) is 1. The summed E-state index contributed by atoms with van der Waals surface area (Å²) in [6.07, 6.45) is 0. The minimum Gasteiger partial charge on any atom is -0.386 e. The van der Waals surface area contributed by atoms with E-state index in [0.717, 1.165) is 16.6 Å². The van der Waals surface area contributed by atoms with Crippen LogP contribution in [0.1, 0.15) is 44.9 Å². The van der Waals surface area contributed by atoms with Gasteiger partial charge in [0.15, 0.2) is 0 Å². The maximum Gasteiger partial charge on any atom is 0.272 e. The second kappa shape index (κ2) is 4.21. The lowest BCUT2D eigenvalue weighted by atomic mass is 9.94. The van der Waals surface area contributed by atoms with Crippen molar-refractivity contribution in [1.29, 1.82) is 0 Å². The van der Waals surface area contributed by atoms with E-state index in [1.165, 1.54) is 0 Å². The summed E-state index contributed by atoms with van der Waals surface area (Å²) in [5.74, 6) is 0.210. The van der Waals surface area contributed by atoms with Gasteiger partial charge >= 0.3 is 0 Å². The van der Waals surface area contributed by atoms with Crippen LogP contribution in [0.25, 0.3) is 10.8 Å². The molecule has 96 valence electrons. The fourth-order valence-electron chi connectivity index (χ4n) is 2.01. The number of aromatic amines is 1. The molecule has 0 fully saturated rings. The first kappa shape index (κ1) is 12.8. The van der Waals surface area contributed by atoms with Crippen molar-refractivity contribution in [3.8, 4) is 0 Å². The van der Waals surface area contributed by atoms with E-state index in [-0.39, 0.29) is 11.5 Å². The van der Waals surface area contributed by atoms with Gasteiger partial charge in [-0.05, 0) is 37.5 Å². The lowest BCUT2D eigenvalue weighted by molar-refractivity contribution is 0.0787. The Kier molecular flexibility index (Phi) is 2.99. The third-order valence-corrected chi connectivity index (χ3v) is 3.07. The van der Waals surface area contributed by atoms with Gasteiger partial charge in [-0.2, -0.15) is 5.10 Å². The molecule has 2 aromatic rings. The maximum atomic E-state index is 11.7. The van der Waals surface area contributed by atoms with Crippen LogP contribution < -0.4 is 5.56 Å². The number of rotatable bonds is 2. The van der Waals surface area contributed by atoms with Crippen molar-refractivity contribution in [2.24, 2.45) is 0 Å². The van der Waals surface area contributed by atoms with Crippen molar-refractivity contribution in [3.63, 3.8) is 0 Å². The zero-order chi connectivity index (χ0) is 13.5. The normalized spacial score (nSPS) is 12.3. The van der Waals surface area contributed by atoms with Crippen molar-refractivity contribution in [2.45, 2.75) is 39.2 Å². The Morgan fingerprint density at radius 2 is 1.94 bits per heavy atom. The SMILES string of the molecule is CC(C)c1n[nH]c(=O)c2ccc(C(C)(C)O)cc12. The number of fused-ring (bicyclic) bond motifs is 1. The average molecular weight is 246 g/mol. The third kappa shape index (κ3) is 2.16. The molecule has 0 aliphatic heterocycles. The topological polar surface area (TPSA) is 66.0 Å². The molecule has 4 heteroatoms.